The summed E-state index contributed by atoms with van der Waals surface area (Å²) < 4.78 is 5.46. The number of aromatic nitrogens is 2. The number of hydrogen-bond acceptors (Lipinski definition) is 4. The molecule has 0 saturated carbocycles. The first-order valence-corrected chi connectivity index (χ1v) is 4.79. The van der Waals surface area contributed by atoms with Gasteiger partial charge in [0.05, 0.1) is 12.4 Å². The van der Waals surface area contributed by atoms with Gasteiger partial charge in [-0.15, -0.1) is 0 Å². The van der Waals surface area contributed by atoms with Crippen LogP contribution in [0.15, 0.2) is 12.4 Å². The maximum atomic E-state index is 5.46. The van der Waals surface area contributed by atoms with Gasteiger partial charge in [-0.25, -0.2) is 9.97 Å². The zero-order chi connectivity index (χ0) is 10.6. The maximum Gasteiger partial charge on any atom is 0.158 e. The smallest absolute Gasteiger partial charge is 0.158 e. The molecule has 78 valence electrons. The lowest BCUT2D eigenvalue weighted by Gasteiger charge is -2.13. The molecule has 1 aromatic rings. The number of hydrogen-bond donors (Lipinski definition) is 1. The molecule has 4 heteroatoms. The molecule has 14 heavy (non-hydrogen) atoms. The van der Waals surface area contributed by atoms with Crippen LogP contribution in [0.1, 0.15) is 32.5 Å². The molecule has 0 aliphatic heterocycles. The van der Waals surface area contributed by atoms with E-state index in [2.05, 4.69) is 29.1 Å². The van der Waals surface area contributed by atoms with E-state index in [1.165, 1.54) is 0 Å². The SMILES string of the molecule is CNC(C)Oc1cnc(C(C)C)nc1. The first kappa shape index (κ1) is 10.9. The van der Waals surface area contributed by atoms with Gasteiger partial charge in [-0.2, -0.15) is 0 Å². The second-order valence-corrected chi connectivity index (χ2v) is 3.48. The highest BCUT2D eigenvalue weighted by atomic mass is 16.5. The van der Waals surface area contributed by atoms with E-state index in [4.69, 9.17) is 4.74 Å². The maximum absolute atomic E-state index is 5.46. The Morgan fingerprint density at radius 3 is 2.21 bits per heavy atom. The molecule has 0 aliphatic rings. The third kappa shape index (κ3) is 2.96. The first-order chi connectivity index (χ1) is 6.63. The van der Waals surface area contributed by atoms with Gasteiger partial charge < -0.3 is 4.74 Å². The fourth-order valence-electron chi connectivity index (χ4n) is 0.948. The standard InChI is InChI=1S/C10H17N3O/c1-7(2)10-12-5-9(6-13-10)14-8(3)11-4/h5-8,11H,1-4H3. The average Bonchev–Trinajstić information content (AvgIpc) is 2.18. The summed E-state index contributed by atoms with van der Waals surface area (Å²) in [5.41, 5.74) is 0. The monoisotopic (exact) mass is 195 g/mol. The molecular weight excluding hydrogens is 178 g/mol. The van der Waals surface area contributed by atoms with Crippen LogP contribution in [0.4, 0.5) is 0 Å². The molecule has 0 aromatic carbocycles. The summed E-state index contributed by atoms with van der Waals surface area (Å²) in [6.45, 7) is 6.05. The van der Waals surface area contributed by atoms with E-state index in [0.29, 0.717) is 11.7 Å². The van der Waals surface area contributed by atoms with Crippen molar-refractivity contribution in [2.45, 2.75) is 32.9 Å². The molecule has 1 aromatic heterocycles. The van der Waals surface area contributed by atoms with Crippen LogP contribution in [0.2, 0.25) is 0 Å². The minimum absolute atomic E-state index is 0.0245. The lowest BCUT2D eigenvalue weighted by Crippen LogP contribution is -2.27. The predicted molar refractivity (Wildman–Crippen MR) is 55.3 cm³/mol. The van der Waals surface area contributed by atoms with Crippen molar-refractivity contribution in [3.8, 4) is 5.75 Å². The van der Waals surface area contributed by atoms with Crippen molar-refractivity contribution >= 4 is 0 Å². The molecule has 0 amide bonds. The molecule has 1 unspecified atom stereocenters. The molecule has 0 fully saturated rings. The number of nitrogens with zero attached hydrogens (tertiary/aromatic N) is 2. The van der Waals surface area contributed by atoms with Crippen LogP contribution < -0.4 is 10.1 Å². The predicted octanol–water partition coefficient (Wildman–Crippen LogP) is 1.54. The molecule has 1 heterocycles. The Hall–Kier alpha value is -1.16. The second kappa shape index (κ2) is 4.91. The van der Waals surface area contributed by atoms with Crippen molar-refractivity contribution in [3.63, 3.8) is 0 Å². The first-order valence-electron chi connectivity index (χ1n) is 4.79. The van der Waals surface area contributed by atoms with Crippen LogP contribution in [0, 0.1) is 0 Å². The Morgan fingerprint density at radius 2 is 1.79 bits per heavy atom. The summed E-state index contributed by atoms with van der Waals surface area (Å²) in [6.07, 6.45) is 3.38. The van der Waals surface area contributed by atoms with Gasteiger partial charge in [0.1, 0.15) is 12.1 Å². The molecule has 4 nitrogen and oxygen atoms in total. The summed E-state index contributed by atoms with van der Waals surface area (Å²) >= 11 is 0. The van der Waals surface area contributed by atoms with Gasteiger partial charge in [0, 0.05) is 5.92 Å². The Balaban J connectivity index is 2.64. The summed E-state index contributed by atoms with van der Waals surface area (Å²) in [7, 11) is 1.84. The van der Waals surface area contributed by atoms with Crippen molar-refractivity contribution in [3.05, 3.63) is 18.2 Å². The molecule has 1 atom stereocenters. The topological polar surface area (TPSA) is 47.0 Å². The Labute approximate surface area is 84.7 Å². The summed E-state index contributed by atoms with van der Waals surface area (Å²) in [6, 6.07) is 0. The van der Waals surface area contributed by atoms with E-state index in [1.54, 1.807) is 12.4 Å². The molecule has 0 spiro atoms. The molecule has 1 N–H and O–H groups in total. The van der Waals surface area contributed by atoms with E-state index in [9.17, 15) is 0 Å². The Kier molecular flexibility index (Phi) is 3.83. The minimum Gasteiger partial charge on any atom is -0.472 e. The number of rotatable bonds is 4. The van der Waals surface area contributed by atoms with Crippen molar-refractivity contribution in [2.24, 2.45) is 0 Å². The van der Waals surface area contributed by atoms with Crippen molar-refractivity contribution in [1.29, 1.82) is 0 Å². The number of ether oxygens (including phenoxy) is 1. The van der Waals surface area contributed by atoms with Crippen molar-refractivity contribution < 1.29 is 4.74 Å². The fraction of sp³-hybridized carbons (Fsp3) is 0.600. The van der Waals surface area contributed by atoms with Crippen molar-refractivity contribution in [2.75, 3.05) is 7.05 Å². The normalized spacial score (nSPS) is 12.9. The minimum atomic E-state index is -0.0245. The summed E-state index contributed by atoms with van der Waals surface area (Å²) in [5.74, 6) is 1.89. The third-order valence-electron chi connectivity index (χ3n) is 1.88. The lowest BCUT2D eigenvalue weighted by atomic mass is 10.2. The molecule has 1 rings (SSSR count). The van der Waals surface area contributed by atoms with Crippen LogP contribution in [0.5, 0.6) is 5.75 Å². The van der Waals surface area contributed by atoms with Gasteiger partial charge in [0.15, 0.2) is 5.75 Å². The number of nitrogens with one attached hydrogen (secondary N) is 1. The molecule has 0 saturated heterocycles. The highest BCUT2D eigenvalue weighted by Crippen LogP contribution is 2.12. The molecular formula is C10H17N3O. The molecule has 0 bridgehead atoms. The Morgan fingerprint density at radius 1 is 1.21 bits per heavy atom. The highest BCUT2D eigenvalue weighted by Gasteiger charge is 2.04. The van der Waals surface area contributed by atoms with Gasteiger partial charge in [-0.05, 0) is 14.0 Å². The van der Waals surface area contributed by atoms with Gasteiger partial charge in [-0.1, -0.05) is 13.8 Å². The van der Waals surface area contributed by atoms with Gasteiger partial charge >= 0.3 is 0 Å². The summed E-state index contributed by atoms with van der Waals surface area (Å²) in [5, 5.41) is 2.97. The Bertz CT molecular complexity index is 271. The summed E-state index contributed by atoms with van der Waals surface area (Å²) in [4.78, 5) is 8.40. The van der Waals surface area contributed by atoms with Crippen LogP contribution in [0.25, 0.3) is 0 Å². The van der Waals surface area contributed by atoms with Gasteiger partial charge in [0.25, 0.3) is 0 Å². The zero-order valence-electron chi connectivity index (χ0n) is 9.11. The van der Waals surface area contributed by atoms with Crippen LogP contribution in [-0.2, 0) is 0 Å². The quantitative estimate of drug-likeness (QED) is 0.740. The highest BCUT2D eigenvalue weighted by molar-refractivity contribution is 5.13. The lowest BCUT2D eigenvalue weighted by molar-refractivity contribution is 0.192. The van der Waals surface area contributed by atoms with Crippen LogP contribution >= 0.6 is 0 Å². The average molecular weight is 195 g/mol. The largest absolute Gasteiger partial charge is 0.472 e. The molecule has 0 aliphatic carbocycles. The van der Waals surface area contributed by atoms with E-state index >= 15 is 0 Å². The van der Waals surface area contributed by atoms with E-state index < -0.39 is 0 Å². The second-order valence-electron chi connectivity index (χ2n) is 3.48. The van der Waals surface area contributed by atoms with Crippen molar-refractivity contribution in [1.82, 2.24) is 15.3 Å². The van der Waals surface area contributed by atoms with Crippen LogP contribution in [-0.4, -0.2) is 23.2 Å². The van der Waals surface area contributed by atoms with E-state index in [1.807, 2.05) is 14.0 Å². The van der Waals surface area contributed by atoms with Gasteiger partial charge in [0.2, 0.25) is 0 Å². The van der Waals surface area contributed by atoms with E-state index in [-0.39, 0.29) is 6.23 Å². The van der Waals surface area contributed by atoms with E-state index in [0.717, 1.165) is 5.82 Å². The fourth-order valence-corrected chi connectivity index (χ4v) is 0.948. The zero-order valence-corrected chi connectivity index (χ0v) is 9.11. The molecule has 0 radical (unpaired) electrons. The van der Waals surface area contributed by atoms with Gasteiger partial charge in [-0.3, -0.25) is 5.32 Å². The third-order valence-corrected chi connectivity index (χ3v) is 1.88. The van der Waals surface area contributed by atoms with Crippen LogP contribution in [0.3, 0.4) is 0 Å².